The molecule has 0 radical (unpaired) electrons. The lowest BCUT2D eigenvalue weighted by Gasteiger charge is -2.39. The van der Waals surface area contributed by atoms with Gasteiger partial charge in [-0.3, -0.25) is 4.90 Å². The summed E-state index contributed by atoms with van der Waals surface area (Å²) in [5.74, 6) is -0.349. The number of anilines is 1. The molecule has 2 aliphatic heterocycles. The number of rotatable bonds is 4. The summed E-state index contributed by atoms with van der Waals surface area (Å²) < 4.78 is 13.2. The average Bonchev–Trinajstić information content (AvgIpc) is 3.15. The van der Waals surface area contributed by atoms with Crippen molar-refractivity contribution in [1.29, 1.82) is 0 Å². The monoisotopic (exact) mass is 359 g/mol. The normalized spacial score (nSPS) is 25.7. The van der Waals surface area contributed by atoms with Gasteiger partial charge >= 0.3 is 6.03 Å². The molecule has 2 bridgehead atoms. The first-order chi connectivity index (χ1) is 12.2. The van der Waals surface area contributed by atoms with E-state index in [1.807, 2.05) is 11.3 Å². The molecule has 2 fully saturated rings. The molecule has 2 atom stereocenters. The van der Waals surface area contributed by atoms with Gasteiger partial charge in [0.2, 0.25) is 0 Å². The second-order valence-corrected chi connectivity index (χ2v) is 7.95. The Morgan fingerprint density at radius 1 is 1.20 bits per heavy atom. The number of benzene rings is 1. The summed E-state index contributed by atoms with van der Waals surface area (Å²) in [4.78, 5) is 16.2. The summed E-state index contributed by atoms with van der Waals surface area (Å²) in [7, 11) is 0. The van der Waals surface area contributed by atoms with Crippen LogP contribution >= 0.6 is 11.3 Å². The van der Waals surface area contributed by atoms with E-state index in [2.05, 4.69) is 33.0 Å². The smallest absolute Gasteiger partial charge is 0.319 e. The van der Waals surface area contributed by atoms with Crippen molar-refractivity contribution < 1.29 is 9.18 Å². The minimum absolute atomic E-state index is 0.186. The second kappa shape index (κ2) is 7.14. The Hall–Kier alpha value is -1.92. The number of carbonyl (C=O) groups excluding carboxylic acids is 1. The van der Waals surface area contributed by atoms with Crippen LogP contribution in [0.1, 0.15) is 30.6 Å². The molecule has 2 amide bonds. The van der Waals surface area contributed by atoms with E-state index in [1.54, 1.807) is 12.1 Å². The lowest BCUT2D eigenvalue weighted by molar-refractivity contribution is 0.113. The van der Waals surface area contributed by atoms with Gasteiger partial charge in [-0.15, -0.1) is 11.3 Å². The standard InChI is InChI=1S/C19H22FN3OS/c20-13-3-1-4-14(9-13)21-19(24)22-15-10-16-6-7-17(11-15)23(16)12-18-5-2-8-25-18/h1-5,8-9,15-17H,6-7,10-12H2,(H2,21,22,24). The minimum atomic E-state index is -0.349. The lowest BCUT2D eigenvalue weighted by Crippen LogP contribution is -2.50. The van der Waals surface area contributed by atoms with Gasteiger partial charge in [-0.25, -0.2) is 9.18 Å². The van der Waals surface area contributed by atoms with Crippen LogP contribution in [-0.2, 0) is 6.54 Å². The zero-order valence-corrected chi connectivity index (χ0v) is 14.8. The molecule has 0 saturated carbocycles. The van der Waals surface area contributed by atoms with Gasteiger partial charge in [0, 0.05) is 35.2 Å². The molecule has 1 aromatic heterocycles. The quantitative estimate of drug-likeness (QED) is 0.859. The number of carbonyl (C=O) groups is 1. The largest absolute Gasteiger partial charge is 0.335 e. The maximum Gasteiger partial charge on any atom is 0.319 e. The molecule has 25 heavy (non-hydrogen) atoms. The van der Waals surface area contributed by atoms with Crippen LogP contribution in [0.4, 0.5) is 14.9 Å². The van der Waals surface area contributed by atoms with Gasteiger partial charge in [0.25, 0.3) is 0 Å². The van der Waals surface area contributed by atoms with Crippen LogP contribution < -0.4 is 10.6 Å². The van der Waals surface area contributed by atoms with Crippen LogP contribution in [0.5, 0.6) is 0 Å². The Bertz CT molecular complexity index is 722. The molecule has 3 heterocycles. The number of urea groups is 1. The Balaban J connectivity index is 1.32. The number of hydrogen-bond donors (Lipinski definition) is 2. The zero-order valence-electron chi connectivity index (χ0n) is 14.0. The van der Waals surface area contributed by atoms with Gasteiger partial charge in [-0.2, -0.15) is 0 Å². The van der Waals surface area contributed by atoms with E-state index in [0.717, 1.165) is 19.4 Å². The highest BCUT2D eigenvalue weighted by Crippen LogP contribution is 2.37. The van der Waals surface area contributed by atoms with Gasteiger partial charge in [0.05, 0.1) is 0 Å². The number of thiophene rings is 1. The number of halogens is 1. The van der Waals surface area contributed by atoms with E-state index < -0.39 is 0 Å². The molecule has 6 heteroatoms. The topological polar surface area (TPSA) is 44.4 Å². The zero-order chi connectivity index (χ0) is 17.2. The third kappa shape index (κ3) is 3.85. The molecular weight excluding hydrogens is 337 g/mol. The van der Waals surface area contributed by atoms with Gasteiger partial charge in [-0.1, -0.05) is 12.1 Å². The predicted molar refractivity (Wildman–Crippen MR) is 98.2 cm³/mol. The molecule has 0 aliphatic carbocycles. The van der Waals surface area contributed by atoms with Gasteiger partial charge in [-0.05, 0) is 55.3 Å². The van der Waals surface area contributed by atoms with Crippen molar-refractivity contribution in [3.8, 4) is 0 Å². The van der Waals surface area contributed by atoms with Crippen molar-refractivity contribution in [2.24, 2.45) is 0 Å². The van der Waals surface area contributed by atoms with E-state index in [4.69, 9.17) is 0 Å². The maximum absolute atomic E-state index is 13.2. The van der Waals surface area contributed by atoms with E-state index >= 15 is 0 Å². The van der Waals surface area contributed by atoms with Crippen LogP contribution in [0.25, 0.3) is 0 Å². The highest BCUT2D eigenvalue weighted by molar-refractivity contribution is 7.09. The fourth-order valence-electron chi connectivity index (χ4n) is 4.15. The van der Waals surface area contributed by atoms with Crippen molar-refractivity contribution in [3.63, 3.8) is 0 Å². The van der Waals surface area contributed by atoms with Crippen LogP contribution in [0, 0.1) is 5.82 Å². The number of nitrogens with one attached hydrogen (secondary N) is 2. The van der Waals surface area contributed by atoms with Gasteiger partial charge in [0.15, 0.2) is 0 Å². The summed E-state index contributed by atoms with van der Waals surface area (Å²) >= 11 is 1.81. The van der Waals surface area contributed by atoms with E-state index in [9.17, 15) is 9.18 Å². The summed E-state index contributed by atoms with van der Waals surface area (Å²) in [6, 6.07) is 11.3. The van der Waals surface area contributed by atoms with Crippen LogP contribution in [0.3, 0.4) is 0 Å². The highest BCUT2D eigenvalue weighted by Gasteiger charge is 2.41. The summed E-state index contributed by atoms with van der Waals surface area (Å²) in [5.41, 5.74) is 0.482. The van der Waals surface area contributed by atoms with Crippen molar-refractivity contribution in [1.82, 2.24) is 10.2 Å². The Morgan fingerprint density at radius 2 is 2.00 bits per heavy atom. The second-order valence-electron chi connectivity index (χ2n) is 6.91. The SMILES string of the molecule is O=C(Nc1cccc(F)c1)NC1CC2CCC(C1)N2Cc1cccs1. The first kappa shape index (κ1) is 16.5. The molecular formula is C19H22FN3OS. The van der Waals surface area contributed by atoms with Crippen molar-refractivity contribution in [3.05, 3.63) is 52.5 Å². The first-order valence-corrected chi connectivity index (χ1v) is 9.66. The van der Waals surface area contributed by atoms with Crippen LogP contribution in [0.15, 0.2) is 41.8 Å². The molecule has 132 valence electrons. The average molecular weight is 359 g/mol. The molecule has 0 spiro atoms. The van der Waals surface area contributed by atoms with Gasteiger partial charge < -0.3 is 10.6 Å². The molecule has 2 unspecified atom stereocenters. The van der Waals surface area contributed by atoms with E-state index in [-0.39, 0.29) is 17.9 Å². The Labute approximate surface area is 151 Å². The Kier molecular flexibility index (Phi) is 4.72. The molecule has 1 aromatic carbocycles. The van der Waals surface area contributed by atoms with E-state index in [1.165, 1.54) is 29.9 Å². The molecule has 2 saturated heterocycles. The van der Waals surface area contributed by atoms with Gasteiger partial charge in [0.1, 0.15) is 5.82 Å². The van der Waals surface area contributed by atoms with E-state index in [0.29, 0.717) is 17.8 Å². The van der Waals surface area contributed by atoms with Crippen molar-refractivity contribution in [2.45, 2.75) is 50.4 Å². The first-order valence-electron chi connectivity index (χ1n) is 8.78. The number of nitrogens with zero attached hydrogens (tertiary/aromatic N) is 1. The molecule has 2 aromatic rings. The third-order valence-corrected chi connectivity index (χ3v) is 6.08. The number of amides is 2. The van der Waals surface area contributed by atoms with Crippen molar-refractivity contribution >= 4 is 23.1 Å². The highest BCUT2D eigenvalue weighted by atomic mass is 32.1. The summed E-state index contributed by atoms with van der Waals surface area (Å²) in [5, 5.41) is 7.92. The fourth-order valence-corrected chi connectivity index (χ4v) is 4.86. The molecule has 2 aliphatic rings. The summed E-state index contributed by atoms with van der Waals surface area (Å²) in [6.07, 6.45) is 4.39. The third-order valence-electron chi connectivity index (χ3n) is 5.22. The lowest BCUT2D eigenvalue weighted by atomic mass is 9.97. The number of hydrogen-bond acceptors (Lipinski definition) is 3. The fraction of sp³-hybridized carbons (Fsp3) is 0.421. The number of fused-ring (bicyclic) bond motifs is 2. The molecule has 4 rings (SSSR count). The van der Waals surface area contributed by atoms with Crippen molar-refractivity contribution in [2.75, 3.05) is 5.32 Å². The summed E-state index contributed by atoms with van der Waals surface area (Å²) in [6.45, 7) is 1.02. The molecule has 2 N–H and O–H groups in total. The molecule has 4 nitrogen and oxygen atoms in total. The maximum atomic E-state index is 13.2. The number of piperidine rings is 1. The Morgan fingerprint density at radius 3 is 2.68 bits per heavy atom. The minimum Gasteiger partial charge on any atom is -0.335 e. The van der Waals surface area contributed by atoms with Crippen LogP contribution in [-0.4, -0.2) is 29.1 Å². The van der Waals surface area contributed by atoms with Crippen LogP contribution in [0.2, 0.25) is 0 Å². The predicted octanol–water partition coefficient (Wildman–Crippen LogP) is 4.20.